The second-order valence-corrected chi connectivity index (χ2v) is 9.88. The molecule has 0 saturated carbocycles. The maximum Gasteiger partial charge on any atom is 0.349 e. The van der Waals surface area contributed by atoms with Crippen molar-refractivity contribution in [2.75, 3.05) is 33.6 Å². The lowest BCUT2D eigenvalue weighted by atomic mass is 10.1. The number of fused-ring (bicyclic) bond motifs is 1. The van der Waals surface area contributed by atoms with E-state index >= 15 is 0 Å². The van der Waals surface area contributed by atoms with E-state index in [9.17, 15) is 9.59 Å². The van der Waals surface area contributed by atoms with Crippen molar-refractivity contribution in [3.05, 3.63) is 60.8 Å². The molecule has 1 saturated heterocycles. The van der Waals surface area contributed by atoms with Crippen molar-refractivity contribution < 1.29 is 23.4 Å². The average Bonchev–Trinajstić information content (AvgIpc) is 3.27. The highest BCUT2D eigenvalue weighted by Gasteiger charge is 2.35. The zero-order valence-corrected chi connectivity index (χ0v) is 21.4. The van der Waals surface area contributed by atoms with Crippen LogP contribution in [-0.4, -0.2) is 44.4 Å². The van der Waals surface area contributed by atoms with Gasteiger partial charge in [0, 0.05) is 33.8 Å². The van der Waals surface area contributed by atoms with Gasteiger partial charge in [-0.1, -0.05) is 15.9 Å². The van der Waals surface area contributed by atoms with Crippen LogP contribution in [0.1, 0.15) is 21.3 Å². The summed E-state index contributed by atoms with van der Waals surface area (Å²) in [6, 6.07) is 8.69. The number of carbonyl (C=O) groups is 1. The molecule has 1 atom stereocenters. The minimum absolute atomic E-state index is 0.0190. The first-order valence-electron chi connectivity index (χ1n) is 9.53. The lowest BCUT2D eigenvalue weighted by Crippen LogP contribution is -2.33. The molecule has 0 spiro atoms. The van der Waals surface area contributed by atoms with Gasteiger partial charge in [-0.3, -0.25) is 4.79 Å². The van der Waals surface area contributed by atoms with Crippen molar-refractivity contribution in [2.45, 2.75) is 5.37 Å². The van der Waals surface area contributed by atoms with Crippen molar-refractivity contribution in [3.8, 4) is 17.2 Å². The second kappa shape index (κ2) is 9.36. The van der Waals surface area contributed by atoms with E-state index < -0.39 is 11.5 Å². The molecule has 1 aromatic heterocycles. The van der Waals surface area contributed by atoms with E-state index in [2.05, 4.69) is 31.9 Å². The number of amides is 1. The van der Waals surface area contributed by atoms with Crippen molar-refractivity contribution in [3.63, 3.8) is 0 Å². The summed E-state index contributed by atoms with van der Waals surface area (Å²) in [5.74, 6) is 1.94. The Bertz CT molecular complexity index is 1260. The summed E-state index contributed by atoms with van der Waals surface area (Å²) in [6.45, 7) is 0.478. The number of thioether (sulfide) groups is 1. The van der Waals surface area contributed by atoms with E-state index in [1.165, 1.54) is 0 Å². The Kier molecular flexibility index (Phi) is 6.73. The van der Waals surface area contributed by atoms with Crippen molar-refractivity contribution >= 4 is 60.5 Å². The van der Waals surface area contributed by atoms with E-state index in [-0.39, 0.29) is 10.9 Å². The van der Waals surface area contributed by atoms with Crippen molar-refractivity contribution in [1.29, 1.82) is 0 Å². The van der Waals surface area contributed by atoms with Gasteiger partial charge in [-0.25, -0.2) is 4.79 Å². The Labute approximate surface area is 205 Å². The molecule has 1 amide bonds. The van der Waals surface area contributed by atoms with Crippen LogP contribution in [0.2, 0.25) is 0 Å². The van der Waals surface area contributed by atoms with Gasteiger partial charge in [0.15, 0.2) is 17.1 Å². The van der Waals surface area contributed by atoms with E-state index in [4.69, 9.17) is 18.6 Å². The van der Waals surface area contributed by atoms with E-state index in [0.717, 1.165) is 10.0 Å². The summed E-state index contributed by atoms with van der Waals surface area (Å²) in [7, 11) is 4.66. The highest BCUT2D eigenvalue weighted by molar-refractivity contribution is 9.11. The van der Waals surface area contributed by atoms with Crippen LogP contribution in [0.3, 0.4) is 0 Å². The fraction of sp³-hybridized carbons (Fsp3) is 0.273. The summed E-state index contributed by atoms with van der Waals surface area (Å²) in [5, 5.41) is 0.280. The summed E-state index contributed by atoms with van der Waals surface area (Å²) in [6.07, 6.45) is 0. The van der Waals surface area contributed by atoms with Crippen LogP contribution in [0.4, 0.5) is 0 Å². The predicted octanol–water partition coefficient (Wildman–Crippen LogP) is 5.23. The van der Waals surface area contributed by atoms with Crippen LogP contribution in [0.15, 0.2) is 48.5 Å². The monoisotopic (exact) mass is 583 g/mol. The van der Waals surface area contributed by atoms with Crippen LogP contribution in [0.5, 0.6) is 17.2 Å². The highest BCUT2D eigenvalue weighted by atomic mass is 79.9. The molecule has 168 valence electrons. The number of hydrogen-bond donors (Lipinski definition) is 0. The van der Waals surface area contributed by atoms with Crippen LogP contribution in [0, 0.1) is 0 Å². The Morgan fingerprint density at radius 1 is 1.03 bits per heavy atom. The Hall–Kier alpha value is -2.17. The Morgan fingerprint density at radius 3 is 2.41 bits per heavy atom. The SMILES string of the molecule is COc1cc(OC)c([C@@H]2SCCN2C(=O)c2cc3cc(Br)cc(Br)c3oc2=O)cc1OC. The van der Waals surface area contributed by atoms with Gasteiger partial charge in [-0.2, -0.15) is 0 Å². The molecule has 4 rings (SSSR count). The molecule has 32 heavy (non-hydrogen) atoms. The number of halogens is 2. The fourth-order valence-electron chi connectivity index (χ4n) is 3.64. The lowest BCUT2D eigenvalue weighted by Gasteiger charge is -2.26. The van der Waals surface area contributed by atoms with Gasteiger partial charge >= 0.3 is 5.63 Å². The third-order valence-electron chi connectivity index (χ3n) is 5.14. The molecule has 2 heterocycles. The molecule has 7 nitrogen and oxygen atoms in total. The molecular formula is C22H19Br2NO6S. The number of rotatable bonds is 5. The molecule has 1 aliphatic rings. The summed E-state index contributed by atoms with van der Waals surface area (Å²) < 4.78 is 23.3. The molecule has 3 aromatic rings. The minimum Gasteiger partial charge on any atom is -0.496 e. The van der Waals surface area contributed by atoms with Gasteiger partial charge < -0.3 is 23.5 Å². The number of benzene rings is 2. The number of hydrogen-bond acceptors (Lipinski definition) is 7. The average molecular weight is 585 g/mol. The molecule has 0 unspecified atom stereocenters. The maximum absolute atomic E-state index is 13.5. The van der Waals surface area contributed by atoms with E-state index in [0.29, 0.717) is 45.0 Å². The van der Waals surface area contributed by atoms with E-state index in [1.54, 1.807) is 68.3 Å². The van der Waals surface area contributed by atoms with Gasteiger partial charge in [-0.15, -0.1) is 11.8 Å². The first kappa shape index (κ1) is 23.0. The van der Waals surface area contributed by atoms with Crippen LogP contribution < -0.4 is 19.8 Å². The molecule has 0 bridgehead atoms. The molecular weight excluding hydrogens is 566 g/mol. The number of nitrogens with zero attached hydrogens (tertiary/aromatic N) is 1. The molecule has 1 aliphatic heterocycles. The summed E-state index contributed by atoms with van der Waals surface area (Å²) >= 11 is 8.40. The second-order valence-electron chi connectivity index (χ2n) is 6.92. The summed E-state index contributed by atoms with van der Waals surface area (Å²) in [4.78, 5) is 27.8. The normalized spacial score (nSPS) is 15.8. The quantitative estimate of drug-likeness (QED) is 0.380. The third kappa shape index (κ3) is 4.11. The number of carbonyl (C=O) groups excluding carboxylic acids is 1. The summed E-state index contributed by atoms with van der Waals surface area (Å²) in [5.41, 5.74) is 0.454. The third-order valence-corrected chi connectivity index (χ3v) is 7.43. The van der Waals surface area contributed by atoms with Gasteiger partial charge in [0.2, 0.25) is 0 Å². The molecule has 0 aliphatic carbocycles. The van der Waals surface area contributed by atoms with Crippen molar-refractivity contribution in [2.24, 2.45) is 0 Å². The van der Waals surface area contributed by atoms with Gasteiger partial charge in [0.25, 0.3) is 5.91 Å². The Balaban J connectivity index is 1.77. The van der Waals surface area contributed by atoms with E-state index in [1.807, 2.05) is 0 Å². The topological polar surface area (TPSA) is 78.2 Å². The largest absolute Gasteiger partial charge is 0.496 e. The first-order valence-corrected chi connectivity index (χ1v) is 12.2. The minimum atomic E-state index is -0.680. The predicted molar refractivity (Wildman–Crippen MR) is 130 cm³/mol. The molecule has 0 N–H and O–H groups in total. The van der Waals surface area contributed by atoms with Gasteiger partial charge in [0.1, 0.15) is 16.7 Å². The van der Waals surface area contributed by atoms with Gasteiger partial charge in [0.05, 0.1) is 25.8 Å². The fourth-order valence-corrected chi connectivity index (χ4v) is 6.25. The maximum atomic E-state index is 13.5. The highest BCUT2D eigenvalue weighted by Crippen LogP contribution is 2.46. The molecule has 10 heteroatoms. The van der Waals surface area contributed by atoms with Gasteiger partial charge in [-0.05, 0) is 40.2 Å². The molecule has 1 fully saturated rings. The number of methoxy groups -OCH3 is 3. The lowest BCUT2D eigenvalue weighted by molar-refractivity contribution is 0.0755. The van der Waals surface area contributed by atoms with Crippen molar-refractivity contribution in [1.82, 2.24) is 4.90 Å². The Morgan fingerprint density at radius 2 is 1.72 bits per heavy atom. The number of ether oxygens (including phenoxy) is 3. The smallest absolute Gasteiger partial charge is 0.349 e. The molecule has 0 radical (unpaired) electrons. The standard InChI is InChI=1S/C22H19Br2NO6S/c1-28-16-10-18(30-3)17(29-2)9-13(16)21-25(4-5-32-21)20(26)14-7-11-6-12(23)8-15(24)19(11)31-22(14)27/h6-10,21H,4-5H2,1-3H3/t21-/m0/s1. The zero-order chi connectivity index (χ0) is 23.0. The molecule has 2 aromatic carbocycles. The zero-order valence-electron chi connectivity index (χ0n) is 17.4. The van der Waals surface area contributed by atoms with Crippen LogP contribution in [0.25, 0.3) is 11.0 Å². The van der Waals surface area contributed by atoms with Crippen LogP contribution in [-0.2, 0) is 0 Å². The van der Waals surface area contributed by atoms with Crippen LogP contribution >= 0.6 is 43.6 Å². The first-order chi connectivity index (χ1) is 15.4.